The molecule has 1 saturated heterocycles. The van der Waals surface area contributed by atoms with Crippen LogP contribution in [0.3, 0.4) is 0 Å². The first kappa shape index (κ1) is 17.8. The first-order valence-electron chi connectivity index (χ1n) is 9.26. The van der Waals surface area contributed by atoms with Gasteiger partial charge in [0, 0.05) is 39.4 Å². The molecule has 142 valence electrons. The highest BCUT2D eigenvalue weighted by Gasteiger charge is 2.33. The smallest absolute Gasteiger partial charge is 0.274 e. The standard InChI is InChI=1S/C20H25N5O2/c1-14-12-23(3)19-18(14)25(16-7-5-4-6-15(16)21-20(19)27)17(26)13-24-10-8-22(2)9-11-24/h4-7,12H,8-11,13H2,1-3H3,(H,21,27). The van der Waals surface area contributed by atoms with E-state index in [2.05, 4.69) is 22.2 Å². The molecule has 27 heavy (non-hydrogen) atoms. The van der Waals surface area contributed by atoms with Crippen LogP contribution >= 0.6 is 0 Å². The number of carbonyl (C=O) groups excluding carboxylic acids is 2. The lowest BCUT2D eigenvalue weighted by molar-refractivity contribution is -0.119. The minimum Gasteiger partial charge on any atom is -0.345 e. The van der Waals surface area contributed by atoms with E-state index in [1.165, 1.54) is 0 Å². The summed E-state index contributed by atoms with van der Waals surface area (Å²) >= 11 is 0. The quantitative estimate of drug-likeness (QED) is 0.880. The van der Waals surface area contributed by atoms with Gasteiger partial charge in [-0.15, -0.1) is 0 Å². The van der Waals surface area contributed by atoms with Crippen molar-refractivity contribution in [2.45, 2.75) is 6.92 Å². The van der Waals surface area contributed by atoms with Crippen LogP contribution in [0.5, 0.6) is 0 Å². The zero-order chi connectivity index (χ0) is 19.1. The van der Waals surface area contributed by atoms with Gasteiger partial charge >= 0.3 is 0 Å². The van der Waals surface area contributed by atoms with Crippen molar-refractivity contribution < 1.29 is 9.59 Å². The molecular weight excluding hydrogens is 342 g/mol. The summed E-state index contributed by atoms with van der Waals surface area (Å²) in [5.74, 6) is -0.206. The molecule has 1 N–H and O–H groups in total. The zero-order valence-corrected chi connectivity index (χ0v) is 16.0. The number of amides is 2. The summed E-state index contributed by atoms with van der Waals surface area (Å²) < 4.78 is 1.79. The Morgan fingerprint density at radius 3 is 2.56 bits per heavy atom. The van der Waals surface area contributed by atoms with Crippen LogP contribution < -0.4 is 10.2 Å². The number of rotatable bonds is 2. The van der Waals surface area contributed by atoms with Gasteiger partial charge in [0.05, 0.1) is 23.6 Å². The van der Waals surface area contributed by atoms with Gasteiger partial charge in [0.15, 0.2) is 0 Å². The van der Waals surface area contributed by atoms with Gasteiger partial charge in [-0.05, 0) is 31.7 Å². The molecule has 0 unspecified atom stereocenters. The van der Waals surface area contributed by atoms with E-state index in [1.54, 1.807) is 9.47 Å². The Hall–Kier alpha value is -2.64. The van der Waals surface area contributed by atoms with E-state index < -0.39 is 0 Å². The molecule has 7 heteroatoms. The molecule has 1 aromatic heterocycles. The lowest BCUT2D eigenvalue weighted by Crippen LogP contribution is -2.48. The molecule has 0 aliphatic carbocycles. The highest BCUT2D eigenvalue weighted by Crippen LogP contribution is 2.40. The number of para-hydroxylation sites is 2. The Morgan fingerprint density at radius 2 is 1.81 bits per heavy atom. The fourth-order valence-electron chi connectivity index (χ4n) is 3.92. The lowest BCUT2D eigenvalue weighted by Gasteiger charge is -2.33. The van der Waals surface area contributed by atoms with Crippen molar-refractivity contribution in [1.29, 1.82) is 0 Å². The van der Waals surface area contributed by atoms with Crippen LogP contribution in [0.2, 0.25) is 0 Å². The van der Waals surface area contributed by atoms with Crippen LogP contribution in [-0.2, 0) is 11.8 Å². The second-order valence-electron chi connectivity index (χ2n) is 7.40. The first-order chi connectivity index (χ1) is 13.0. The summed E-state index contributed by atoms with van der Waals surface area (Å²) in [5, 5.41) is 2.95. The van der Waals surface area contributed by atoms with Gasteiger partial charge in [0.25, 0.3) is 5.91 Å². The molecule has 2 aliphatic heterocycles. The molecule has 0 radical (unpaired) electrons. The van der Waals surface area contributed by atoms with Crippen molar-refractivity contribution in [1.82, 2.24) is 14.4 Å². The normalized spacial score (nSPS) is 17.9. The Kier molecular flexibility index (Phi) is 4.49. The molecule has 2 aromatic rings. The number of nitrogens with zero attached hydrogens (tertiary/aromatic N) is 4. The Bertz CT molecular complexity index is 896. The molecule has 4 rings (SSSR count). The number of nitrogens with one attached hydrogen (secondary N) is 1. The van der Waals surface area contributed by atoms with Gasteiger partial charge in [-0.3, -0.25) is 19.4 Å². The van der Waals surface area contributed by atoms with E-state index >= 15 is 0 Å². The number of likely N-dealkylation sites (N-methyl/N-ethyl adjacent to an activating group) is 1. The predicted octanol–water partition coefficient (Wildman–Crippen LogP) is 1.81. The SMILES string of the molecule is Cc1cn(C)c2c1N(C(=O)CN1CCN(C)CC1)c1ccccc1NC2=O. The molecule has 1 fully saturated rings. The third-order valence-electron chi connectivity index (χ3n) is 5.37. The largest absolute Gasteiger partial charge is 0.345 e. The van der Waals surface area contributed by atoms with Crippen molar-refractivity contribution in [3.8, 4) is 0 Å². The zero-order valence-electron chi connectivity index (χ0n) is 16.0. The molecule has 2 amide bonds. The predicted molar refractivity (Wildman–Crippen MR) is 106 cm³/mol. The van der Waals surface area contributed by atoms with E-state index in [0.717, 1.165) is 37.4 Å². The number of benzene rings is 1. The summed E-state index contributed by atoms with van der Waals surface area (Å²) in [6.45, 7) is 5.93. The topological polar surface area (TPSA) is 60.8 Å². The van der Waals surface area contributed by atoms with Crippen LogP contribution in [0.15, 0.2) is 30.5 Å². The molecule has 0 atom stereocenters. The van der Waals surface area contributed by atoms with Crippen molar-refractivity contribution in [2.75, 3.05) is 50.0 Å². The number of fused-ring (bicyclic) bond motifs is 2. The third kappa shape index (κ3) is 3.13. The number of carbonyl (C=O) groups is 2. The van der Waals surface area contributed by atoms with E-state index in [0.29, 0.717) is 23.6 Å². The van der Waals surface area contributed by atoms with E-state index in [1.807, 2.05) is 44.4 Å². The summed E-state index contributed by atoms with van der Waals surface area (Å²) in [6.07, 6.45) is 1.90. The van der Waals surface area contributed by atoms with Gasteiger partial charge in [-0.2, -0.15) is 0 Å². The minimum absolute atomic E-state index is 0.0148. The number of piperazine rings is 1. The highest BCUT2D eigenvalue weighted by molar-refractivity contribution is 6.18. The minimum atomic E-state index is -0.192. The van der Waals surface area contributed by atoms with Gasteiger partial charge in [0.1, 0.15) is 5.69 Å². The average molecular weight is 367 g/mol. The fraction of sp³-hybridized carbons (Fsp3) is 0.400. The van der Waals surface area contributed by atoms with Crippen LogP contribution in [-0.4, -0.2) is 66.0 Å². The monoisotopic (exact) mass is 367 g/mol. The highest BCUT2D eigenvalue weighted by atomic mass is 16.2. The summed E-state index contributed by atoms with van der Waals surface area (Å²) in [5.41, 5.74) is 3.48. The summed E-state index contributed by atoms with van der Waals surface area (Å²) in [4.78, 5) is 32.4. The molecule has 3 heterocycles. The summed E-state index contributed by atoms with van der Waals surface area (Å²) in [7, 11) is 3.94. The van der Waals surface area contributed by atoms with Crippen molar-refractivity contribution in [3.05, 3.63) is 41.7 Å². The number of hydrogen-bond acceptors (Lipinski definition) is 4. The second kappa shape index (κ2) is 6.83. The average Bonchev–Trinajstić information content (AvgIpc) is 2.84. The van der Waals surface area contributed by atoms with Crippen molar-refractivity contribution in [3.63, 3.8) is 0 Å². The Balaban J connectivity index is 1.75. The van der Waals surface area contributed by atoms with Gasteiger partial charge in [-0.1, -0.05) is 12.1 Å². The first-order valence-corrected chi connectivity index (χ1v) is 9.26. The molecule has 7 nitrogen and oxygen atoms in total. The molecular formula is C20H25N5O2. The molecule has 0 spiro atoms. The Morgan fingerprint density at radius 1 is 1.11 bits per heavy atom. The third-order valence-corrected chi connectivity index (χ3v) is 5.37. The molecule has 1 aromatic carbocycles. The molecule has 2 aliphatic rings. The second-order valence-corrected chi connectivity index (χ2v) is 7.40. The number of aryl methyl sites for hydroxylation is 2. The van der Waals surface area contributed by atoms with Gasteiger partial charge in [-0.25, -0.2) is 0 Å². The number of anilines is 3. The number of hydrogen-bond donors (Lipinski definition) is 1. The maximum absolute atomic E-state index is 13.4. The fourth-order valence-corrected chi connectivity index (χ4v) is 3.92. The molecule has 0 bridgehead atoms. The van der Waals surface area contributed by atoms with Crippen LogP contribution in [0, 0.1) is 6.92 Å². The van der Waals surface area contributed by atoms with Crippen LogP contribution in [0.1, 0.15) is 16.1 Å². The lowest BCUT2D eigenvalue weighted by atomic mass is 10.2. The van der Waals surface area contributed by atoms with Crippen LogP contribution in [0.4, 0.5) is 17.1 Å². The van der Waals surface area contributed by atoms with Gasteiger partial charge < -0.3 is 14.8 Å². The maximum Gasteiger partial charge on any atom is 0.274 e. The van der Waals surface area contributed by atoms with Crippen molar-refractivity contribution >= 4 is 28.9 Å². The summed E-state index contributed by atoms with van der Waals surface area (Å²) in [6, 6.07) is 7.49. The number of aromatic nitrogens is 1. The van der Waals surface area contributed by atoms with E-state index in [9.17, 15) is 9.59 Å². The van der Waals surface area contributed by atoms with Crippen LogP contribution in [0.25, 0.3) is 0 Å². The maximum atomic E-state index is 13.4. The van der Waals surface area contributed by atoms with E-state index in [4.69, 9.17) is 0 Å². The van der Waals surface area contributed by atoms with Gasteiger partial charge in [0.2, 0.25) is 5.91 Å². The van der Waals surface area contributed by atoms with Crippen molar-refractivity contribution in [2.24, 2.45) is 7.05 Å². The van der Waals surface area contributed by atoms with E-state index in [-0.39, 0.29) is 11.8 Å². The molecule has 0 saturated carbocycles. The Labute approximate surface area is 159 Å².